The molecule has 0 aromatic carbocycles. The molecular formula is C10H18OS. The van der Waals surface area contributed by atoms with Gasteiger partial charge in [-0.2, -0.15) is 11.8 Å². The summed E-state index contributed by atoms with van der Waals surface area (Å²) in [5.74, 6) is 1.31. The Morgan fingerprint density at radius 1 is 1.08 bits per heavy atom. The molecule has 0 unspecified atom stereocenters. The van der Waals surface area contributed by atoms with Gasteiger partial charge in [-0.3, -0.25) is 0 Å². The molecule has 70 valence electrons. The third kappa shape index (κ3) is 1.39. The fourth-order valence-corrected chi connectivity index (χ4v) is 3.81. The summed E-state index contributed by atoms with van der Waals surface area (Å²) >= 11 is 1.97. The predicted octanol–water partition coefficient (Wildman–Crippen LogP) is 2.43. The average Bonchev–Trinajstić information content (AvgIpc) is 2.08. The second kappa shape index (κ2) is 2.91. The molecule has 0 saturated heterocycles. The van der Waals surface area contributed by atoms with Crippen molar-refractivity contribution in [3.63, 3.8) is 0 Å². The van der Waals surface area contributed by atoms with E-state index in [9.17, 15) is 5.11 Å². The lowest BCUT2D eigenvalue weighted by Crippen LogP contribution is -2.46. The van der Waals surface area contributed by atoms with Crippen LogP contribution in [0.5, 0.6) is 0 Å². The summed E-state index contributed by atoms with van der Waals surface area (Å²) in [5.41, 5.74) is 0.365. The zero-order valence-corrected chi connectivity index (χ0v) is 8.62. The Hall–Kier alpha value is 0.310. The summed E-state index contributed by atoms with van der Waals surface area (Å²) in [7, 11) is 0. The van der Waals surface area contributed by atoms with E-state index in [4.69, 9.17) is 0 Å². The van der Waals surface area contributed by atoms with Gasteiger partial charge in [0.05, 0.1) is 5.60 Å². The number of fused-ring (bicyclic) bond motifs is 3. The summed E-state index contributed by atoms with van der Waals surface area (Å²) in [6, 6.07) is 0. The maximum absolute atomic E-state index is 9.99. The van der Waals surface area contributed by atoms with Crippen LogP contribution in [-0.2, 0) is 0 Å². The van der Waals surface area contributed by atoms with E-state index in [1.54, 1.807) is 0 Å². The maximum Gasteiger partial charge on any atom is 0.0648 e. The van der Waals surface area contributed by atoms with E-state index in [-0.39, 0.29) is 5.60 Å². The van der Waals surface area contributed by atoms with Gasteiger partial charge in [-0.15, -0.1) is 0 Å². The van der Waals surface area contributed by atoms with Crippen LogP contribution < -0.4 is 0 Å². The highest BCUT2D eigenvalue weighted by Crippen LogP contribution is 2.53. The predicted molar refractivity (Wildman–Crippen MR) is 53.5 cm³/mol. The molecule has 3 saturated carbocycles. The average molecular weight is 186 g/mol. The quantitative estimate of drug-likeness (QED) is 0.715. The van der Waals surface area contributed by atoms with E-state index in [1.807, 2.05) is 11.8 Å². The van der Waals surface area contributed by atoms with Crippen LogP contribution >= 0.6 is 11.8 Å². The largest absolute Gasteiger partial charge is 0.390 e. The third-order valence-electron chi connectivity index (χ3n) is 3.81. The minimum Gasteiger partial charge on any atom is -0.390 e. The molecule has 3 aliphatic carbocycles. The van der Waals surface area contributed by atoms with E-state index in [2.05, 4.69) is 6.26 Å². The highest BCUT2D eigenvalue weighted by atomic mass is 32.2. The molecule has 2 heteroatoms. The highest BCUT2D eigenvalue weighted by Gasteiger charge is 2.46. The van der Waals surface area contributed by atoms with Crippen molar-refractivity contribution >= 4 is 11.8 Å². The maximum atomic E-state index is 9.99. The van der Waals surface area contributed by atoms with Crippen LogP contribution in [0.2, 0.25) is 0 Å². The molecule has 1 nitrogen and oxygen atoms in total. The van der Waals surface area contributed by atoms with Crippen molar-refractivity contribution in [2.75, 3.05) is 12.0 Å². The molecule has 1 N–H and O–H groups in total. The molecule has 0 heterocycles. The molecule has 0 amide bonds. The number of hydrogen-bond donors (Lipinski definition) is 1. The first-order valence-electron chi connectivity index (χ1n) is 4.90. The molecule has 3 fully saturated rings. The van der Waals surface area contributed by atoms with Gasteiger partial charge in [-0.25, -0.2) is 0 Å². The molecule has 3 aliphatic rings. The number of hydrogen-bond acceptors (Lipinski definition) is 2. The summed E-state index contributed by atoms with van der Waals surface area (Å²) in [6.45, 7) is 0. The Balaban J connectivity index is 2.04. The minimum absolute atomic E-state index is 0.250. The monoisotopic (exact) mass is 186 g/mol. The summed E-state index contributed by atoms with van der Waals surface area (Å²) in [5, 5.41) is 9.99. The van der Waals surface area contributed by atoms with Gasteiger partial charge in [0.25, 0.3) is 0 Å². The van der Waals surface area contributed by atoms with Crippen molar-refractivity contribution in [3.05, 3.63) is 0 Å². The summed E-state index contributed by atoms with van der Waals surface area (Å²) in [4.78, 5) is 0. The van der Waals surface area contributed by atoms with Gasteiger partial charge < -0.3 is 5.11 Å². The van der Waals surface area contributed by atoms with Gasteiger partial charge in [0.1, 0.15) is 0 Å². The molecule has 0 aromatic heterocycles. The molecular weight excluding hydrogens is 168 g/mol. The highest BCUT2D eigenvalue weighted by molar-refractivity contribution is 7.98. The topological polar surface area (TPSA) is 20.2 Å². The van der Waals surface area contributed by atoms with Crippen LogP contribution in [0, 0.1) is 5.41 Å². The number of thioether (sulfide) groups is 1. The molecule has 12 heavy (non-hydrogen) atoms. The molecule has 0 spiro atoms. The fraction of sp³-hybridized carbons (Fsp3) is 1.00. The van der Waals surface area contributed by atoms with Crippen LogP contribution in [0.15, 0.2) is 0 Å². The van der Waals surface area contributed by atoms with Gasteiger partial charge in [-0.05, 0) is 55.9 Å². The summed E-state index contributed by atoms with van der Waals surface area (Å²) in [6.07, 6.45) is 9.19. The van der Waals surface area contributed by atoms with Crippen molar-refractivity contribution < 1.29 is 5.11 Å². The second-order valence-corrected chi connectivity index (χ2v) is 5.52. The molecule has 3 rings (SSSR count). The van der Waals surface area contributed by atoms with Crippen LogP contribution in [-0.4, -0.2) is 22.7 Å². The number of rotatable bonds is 2. The van der Waals surface area contributed by atoms with E-state index in [0.717, 1.165) is 19.3 Å². The lowest BCUT2D eigenvalue weighted by molar-refractivity contribution is -0.0837. The Morgan fingerprint density at radius 3 is 2.00 bits per heavy atom. The van der Waals surface area contributed by atoms with Gasteiger partial charge in [0.15, 0.2) is 0 Å². The van der Waals surface area contributed by atoms with Gasteiger partial charge in [-0.1, -0.05) is 0 Å². The second-order valence-electron chi connectivity index (χ2n) is 4.66. The first-order valence-corrected chi connectivity index (χ1v) is 6.29. The molecule has 2 bridgehead atoms. The Morgan fingerprint density at radius 2 is 1.58 bits per heavy atom. The van der Waals surface area contributed by atoms with Gasteiger partial charge >= 0.3 is 0 Å². The van der Waals surface area contributed by atoms with Crippen molar-refractivity contribution in [2.24, 2.45) is 5.41 Å². The molecule has 0 radical (unpaired) electrons. The lowest BCUT2D eigenvalue weighted by atomic mass is 9.59. The van der Waals surface area contributed by atoms with Crippen molar-refractivity contribution in [1.82, 2.24) is 0 Å². The first kappa shape index (κ1) is 8.89. The lowest BCUT2D eigenvalue weighted by Gasteiger charge is -2.50. The van der Waals surface area contributed by atoms with E-state index in [0.29, 0.717) is 5.41 Å². The molecule has 0 aromatic rings. The molecule has 0 aliphatic heterocycles. The zero-order valence-electron chi connectivity index (χ0n) is 7.81. The Bertz CT molecular complexity index is 154. The van der Waals surface area contributed by atoms with Crippen LogP contribution in [0.4, 0.5) is 0 Å². The van der Waals surface area contributed by atoms with Crippen molar-refractivity contribution in [2.45, 2.75) is 44.1 Å². The Kier molecular flexibility index (Phi) is 2.16. The van der Waals surface area contributed by atoms with Crippen LogP contribution in [0.25, 0.3) is 0 Å². The smallest absolute Gasteiger partial charge is 0.0648 e. The normalized spacial score (nSPS) is 46.5. The number of aliphatic hydroxyl groups is 1. The van der Waals surface area contributed by atoms with Crippen molar-refractivity contribution in [3.8, 4) is 0 Å². The van der Waals surface area contributed by atoms with Gasteiger partial charge in [0.2, 0.25) is 0 Å². The van der Waals surface area contributed by atoms with Crippen LogP contribution in [0.1, 0.15) is 38.5 Å². The first-order chi connectivity index (χ1) is 5.68. The third-order valence-corrected chi connectivity index (χ3v) is 4.71. The van der Waals surface area contributed by atoms with E-state index < -0.39 is 0 Å². The summed E-state index contributed by atoms with van der Waals surface area (Å²) < 4.78 is 0. The fourth-order valence-electron chi connectivity index (χ4n) is 2.77. The standard InChI is InChI=1S/C10H18OS/c1-12-8-9-2-5-10(11,6-3-9)7-4-9/h11H,2-8H2,1H3. The SMILES string of the molecule is CSCC12CCC(O)(CC1)CC2. The van der Waals surface area contributed by atoms with E-state index >= 15 is 0 Å². The molecule has 0 atom stereocenters. The van der Waals surface area contributed by atoms with E-state index in [1.165, 1.54) is 25.0 Å². The van der Waals surface area contributed by atoms with Gasteiger partial charge in [0, 0.05) is 0 Å². The minimum atomic E-state index is -0.250. The van der Waals surface area contributed by atoms with Crippen molar-refractivity contribution in [1.29, 1.82) is 0 Å². The zero-order chi connectivity index (χ0) is 8.66. The van der Waals surface area contributed by atoms with Crippen LogP contribution in [0.3, 0.4) is 0 Å². The Labute approximate surface area is 78.9 Å².